The van der Waals surface area contributed by atoms with Crippen LogP contribution in [-0.2, 0) is 6.18 Å². The molecule has 0 aromatic heterocycles. The van der Waals surface area contributed by atoms with Crippen LogP contribution >= 0.6 is 27.5 Å². The lowest BCUT2D eigenvalue weighted by molar-refractivity contribution is -0.137. The van der Waals surface area contributed by atoms with Crippen LogP contribution in [0.15, 0.2) is 16.6 Å². The molecule has 0 unspecified atom stereocenters. The van der Waals surface area contributed by atoms with Crippen molar-refractivity contribution in [2.24, 2.45) is 0 Å². The molecule has 0 heterocycles. The van der Waals surface area contributed by atoms with Gasteiger partial charge in [0.25, 0.3) is 5.24 Å². The van der Waals surface area contributed by atoms with Gasteiger partial charge < -0.3 is 0 Å². The molecular weight excluding hydrogens is 303 g/mol. The van der Waals surface area contributed by atoms with Gasteiger partial charge in [0.15, 0.2) is 0 Å². The Morgan fingerprint density at radius 3 is 2.27 bits per heavy atom. The van der Waals surface area contributed by atoms with Gasteiger partial charge in [-0.05, 0) is 39.7 Å². The van der Waals surface area contributed by atoms with Gasteiger partial charge in [-0.1, -0.05) is 0 Å². The van der Waals surface area contributed by atoms with Crippen LogP contribution < -0.4 is 0 Å². The average Bonchev–Trinajstić information content (AvgIpc) is 2.06. The zero-order valence-corrected chi connectivity index (χ0v) is 9.17. The number of carbonyl (C=O) groups excluding carboxylic acids is 1. The monoisotopic (exact) mass is 304 g/mol. The molecule has 1 aromatic rings. The zero-order chi connectivity index (χ0) is 11.8. The summed E-state index contributed by atoms with van der Waals surface area (Å²) in [7, 11) is 0. The summed E-state index contributed by atoms with van der Waals surface area (Å²) in [6.07, 6.45) is -4.72. The molecule has 0 fully saturated rings. The zero-order valence-electron chi connectivity index (χ0n) is 6.83. The van der Waals surface area contributed by atoms with E-state index < -0.39 is 28.4 Å². The quantitative estimate of drug-likeness (QED) is 0.566. The molecule has 0 aliphatic heterocycles. The Kier molecular flexibility index (Phi) is 3.40. The van der Waals surface area contributed by atoms with E-state index >= 15 is 0 Å². The molecule has 0 saturated carbocycles. The van der Waals surface area contributed by atoms with Crippen molar-refractivity contribution in [3.8, 4) is 0 Å². The molecule has 0 N–H and O–H groups in total. The minimum atomic E-state index is -4.72. The Hall–Kier alpha value is -0.620. The van der Waals surface area contributed by atoms with Crippen LogP contribution in [0, 0.1) is 5.82 Å². The first-order valence-corrected chi connectivity index (χ1v) is 4.66. The molecule has 0 atom stereocenters. The molecule has 0 aliphatic rings. The van der Waals surface area contributed by atoms with E-state index in [1.54, 1.807) is 0 Å². The number of alkyl halides is 3. The summed E-state index contributed by atoms with van der Waals surface area (Å²) in [4.78, 5) is 10.7. The molecule has 1 nitrogen and oxygen atoms in total. The Morgan fingerprint density at radius 1 is 1.33 bits per heavy atom. The highest BCUT2D eigenvalue weighted by Gasteiger charge is 2.32. The summed E-state index contributed by atoms with van der Waals surface area (Å²) in [5.41, 5.74) is -1.81. The van der Waals surface area contributed by atoms with Crippen molar-refractivity contribution < 1.29 is 22.4 Å². The Morgan fingerprint density at radius 2 is 1.87 bits per heavy atom. The van der Waals surface area contributed by atoms with Crippen molar-refractivity contribution in [1.82, 2.24) is 0 Å². The van der Waals surface area contributed by atoms with Crippen LogP contribution in [0.25, 0.3) is 0 Å². The van der Waals surface area contributed by atoms with Gasteiger partial charge in [0, 0.05) is 0 Å². The van der Waals surface area contributed by atoms with Gasteiger partial charge in [0.2, 0.25) is 0 Å². The lowest BCUT2D eigenvalue weighted by Crippen LogP contribution is -2.08. The second kappa shape index (κ2) is 4.09. The molecule has 0 saturated heterocycles. The predicted molar refractivity (Wildman–Crippen MR) is 49.3 cm³/mol. The first kappa shape index (κ1) is 12.4. The number of halogens is 6. The van der Waals surface area contributed by atoms with Crippen molar-refractivity contribution >= 4 is 32.8 Å². The maximum absolute atomic E-state index is 13.0. The van der Waals surface area contributed by atoms with E-state index in [1.807, 2.05) is 0 Å². The number of carbonyl (C=O) groups is 1. The lowest BCUT2D eigenvalue weighted by atomic mass is 10.1. The Balaban J connectivity index is 3.43. The number of rotatable bonds is 1. The topological polar surface area (TPSA) is 17.1 Å². The largest absolute Gasteiger partial charge is 0.416 e. The molecular formula is C8H2BrClF4O. The van der Waals surface area contributed by atoms with Crippen LogP contribution in [-0.4, -0.2) is 5.24 Å². The van der Waals surface area contributed by atoms with Crippen molar-refractivity contribution in [1.29, 1.82) is 0 Å². The minimum Gasteiger partial charge on any atom is -0.276 e. The second-order valence-corrected chi connectivity index (χ2v) is 3.73. The molecule has 0 amide bonds. The summed E-state index contributed by atoms with van der Waals surface area (Å²) >= 11 is 7.63. The molecule has 0 bridgehead atoms. The molecule has 0 aliphatic carbocycles. The van der Waals surface area contributed by atoms with E-state index in [2.05, 4.69) is 15.9 Å². The minimum absolute atomic E-state index is 0.285. The van der Waals surface area contributed by atoms with Gasteiger partial charge in [0.1, 0.15) is 5.82 Å². The summed E-state index contributed by atoms with van der Waals surface area (Å²) in [5, 5.41) is -1.16. The van der Waals surface area contributed by atoms with E-state index in [1.165, 1.54) is 0 Å². The summed E-state index contributed by atoms with van der Waals surface area (Å²) < 4.78 is 49.2. The molecule has 7 heteroatoms. The lowest BCUT2D eigenvalue weighted by Gasteiger charge is -2.09. The summed E-state index contributed by atoms with van der Waals surface area (Å²) in [6.45, 7) is 0. The van der Waals surface area contributed by atoms with Gasteiger partial charge in [-0.25, -0.2) is 4.39 Å². The summed E-state index contributed by atoms with van der Waals surface area (Å²) in [5.74, 6) is -1.19. The van der Waals surface area contributed by atoms with Crippen molar-refractivity contribution in [2.75, 3.05) is 0 Å². The smallest absolute Gasteiger partial charge is 0.276 e. The second-order valence-electron chi connectivity index (χ2n) is 2.59. The fourth-order valence-corrected chi connectivity index (χ4v) is 1.57. The highest BCUT2D eigenvalue weighted by molar-refractivity contribution is 9.10. The molecule has 15 heavy (non-hydrogen) atoms. The van der Waals surface area contributed by atoms with Crippen LogP contribution in [0.4, 0.5) is 17.6 Å². The van der Waals surface area contributed by atoms with Crippen molar-refractivity contribution in [2.45, 2.75) is 6.18 Å². The van der Waals surface area contributed by atoms with Gasteiger partial charge in [0.05, 0.1) is 15.6 Å². The highest BCUT2D eigenvalue weighted by atomic mass is 79.9. The fraction of sp³-hybridized carbons (Fsp3) is 0.125. The third-order valence-electron chi connectivity index (χ3n) is 1.57. The van der Waals surface area contributed by atoms with Gasteiger partial charge in [-0.3, -0.25) is 4.79 Å². The van der Waals surface area contributed by atoms with Gasteiger partial charge in [-0.2, -0.15) is 13.2 Å². The molecule has 1 aromatic carbocycles. The molecule has 82 valence electrons. The maximum atomic E-state index is 13.0. The molecule has 0 spiro atoms. The average molecular weight is 305 g/mol. The molecule has 1 rings (SSSR count). The Bertz CT molecular complexity index is 416. The fourth-order valence-electron chi connectivity index (χ4n) is 0.896. The van der Waals surface area contributed by atoms with E-state index in [0.717, 1.165) is 0 Å². The normalized spacial score (nSPS) is 11.6. The number of hydrogen-bond acceptors (Lipinski definition) is 1. The van der Waals surface area contributed by atoms with E-state index in [9.17, 15) is 22.4 Å². The van der Waals surface area contributed by atoms with E-state index in [0.29, 0.717) is 6.07 Å². The number of benzene rings is 1. The standard InChI is InChI=1S/C8H2BrClF4O/c9-6-4(7(10)15)1-3(2-5(6)11)8(12,13)14/h1-2H. The van der Waals surface area contributed by atoms with Crippen LogP contribution in [0.2, 0.25) is 0 Å². The first-order chi connectivity index (χ1) is 6.73. The van der Waals surface area contributed by atoms with E-state index in [-0.39, 0.29) is 10.5 Å². The summed E-state index contributed by atoms with van der Waals surface area (Å²) in [6, 6.07) is 0.774. The van der Waals surface area contributed by atoms with Crippen LogP contribution in [0.5, 0.6) is 0 Å². The van der Waals surface area contributed by atoms with Gasteiger partial charge >= 0.3 is 6.18 Å². The van der Waals surface area contributed by atoms with E-state index in [4.69, 9.17) is 11.6 Å². The maximum Gasteiger partial charge on any atom is 0.416 e. The van der Waals surface area contributed by atoms with Crippen LogP contribution in [0.1, 0.15) is 15.9 Å². The highest BCUT2D eigenvalue weighted by Crippen LogP contribution is 2.33. The van der Waals surface area contributed by atoms with Gasteiger partial charge in [-0.15, -0.1) is 0 Å². The third-order valence-corrected chi connectivity index (χ3v) is 2.58. The SMILES string of the molecule is O=C(Cl)c1cc(C(F)(F)F)cc(F)c1Br. The molecule has 0 radical (unpaired) electrons. The van der Waals surface area contributed by atoms with Crippen molar-refractivity contribution in [3.63, 3.8) is 0 Å². The predicted octanol–water partition coefficient (Wildman–Crippen LogP) is 3.99. The third kappa shape index (κ3) is 2.69. The van der Waals surface area contributed by atoms with Crippen LogP contribution in [0.3, 0.4) is 0 Å². The Labute approximate surface area is 95.2 Å². The number of hydrogen-bond donors (Lipinski definition) is 0. The van der Waals surface area contributed by atoms with Crippen molar-refractivity contribution in [3.05, 3.63) is 33.5 Å². The first-order valence-electron chi connectivity index (χ1n) is 3.49.